The van der Waals surface area contributed by atoms with Gasteiger partial charge in [0.05, 0.1) is 0 Å². The van der Waals surface area contributed by atoms with Gasteiger partial charge in [0.2, 0.25) is 5.91 Å². The minimum absolute atomic E-state index is 0.164. The maximum Gasteiger partial charge on any atom is 0.227 e. The summed E-state index contributed by atoms with van der Waals surface area (Å²) < 4.78 is 1.04. The van der Waals surface area contributed by atoms with Gasteiger partial charge in [0.1, 0.15) is 0 Å². The van der Waals surface area contributed by atoms with E-state index >= 15 is 0 Å². The first-order valence-corrected chi connectivity index (χ1v) is 6.03. The first-order chi connectivity index (χ1) is 7.16. The predicted molar refractivity (Wildman–Crippen MR) is 64.8 cm³/mol. The summed E-state index contributed by atoms with van der Waals surface area (Å²) in [7, 11) is 0. The van der Waals surface area contributed by atoms with Gasteiger partial charge in [0.25, 0.3) is 0 Å². The van der Waals surface area contributed by atoms with Gasteiger partial charge in [-0.25, -0.2) is 0 Å². The fourth-order valence-corrected chi connectivity index (χ4v) is 1.96. The monoisotopic (exact) mass is 267 g/mol. The van der Waals surface area contributed by atoms with E-state index in [1.54, 1.807) is 0 Å². The lowest BCUT2D eigenvalue weighted by Gasteiger charge is -2.24. The Hall–Kier alpha value is -0.830. The van der Waals surface area contributed by atoms with E-state index in [2.05, 4.69) is 21.2 Å². The van der Waals surface area contributed by atoms with Gasteiger partial charge in [-0.05, 0) is 37.5 Å². The molecule has 15 heavy (non-hydrogen) atoms. The average molecular weight is 268 g/mol. The van der Waals surface area contributed by atoms with E-state index in [4.69, 9.17) is 0 Å². The molecule has 3 heteroatoms. The summed E-state index contributed by atoms with van der Waals surface area (Å²) in [5.41, 5.74) is 2.06. The van der Waals surface area contributed by atoms with Crippen molar-refractivity contribution in [2.45, 2.75) is 26.2 Å². The number of amides is 1. The van der Waals surface area contributed by atoms with Gasteiger partial charge in [0, 0.05) is 16.1 Å². The van der Waals surface area contributed by atoms with Crippen molar-refractivity contribution >= 4 is 27.5 Å². The summed E-state index contributed by atoms with van der Waals surface area (Å²) in [6, 6.07) is 5.89. The van der Waals surface area contributed by atoms with Gasteiger partial charge in [0.15, 0.2) is 0 Å². The maximum absolute atomic E-state index is 11.7. The van der Waals surface area contributed by atoms with Gasteiger partial charge >= 0.3 is 0 Å². The molecule has 1 aromatic rings. The van der Waals surface area contributed by atoms with Crippen LogP contribution in [0.25, 0.3) is 0 Å². The van der Waals surface area contributed by atoms with Crippen LogP contribution in [0.3, 0.4) is 0 Å². The molecule has 2 nitrogen and oxygen atoms in total. The lowest BCUT2D eigenvalue weighted by atomic mass is 9.85. The number of rotatable bonds is 2. The molecule has 0 bridgehead atoms. The quantitative estimate of drug-likeness (QED) is 0.873. The Kier molecular flexibility index (Phi) is 3.10. The van der Waals surface area contributed by atoms with Crippen molar-refractivity contribution in [3.8, 4) is 0 Å². The van der Waals surface area contributed by atoms with Gasteiger partial charge in [-0.1, -0.05) is 28.4 Å². The summed E-state index contributed by atoms with van der Waals surface area (Å²) in [6.45, 7) is 2.03. The Morgan fingerprint density at radius 2 is 2.20 bits per heavy atom. The van der Waals surface area contributed by atoms with Gasteiger partial charge < -0.3 is 5.32 Å². The van der Waals surface area contributed by atoms with Crippen LogP contribution >= 0.6 is 15.9 Å². The highest BCUT2D eigenvalue weighted by molar-refractivity contribution is 9.10. The second kappa shape index (κ2) is 4.35. The van der Waals surface area contributed by atoms with Crippen LogP contribution in [0.15, 0.2) is 22.7 Å². The minimum atomic E-state index is 0.164. The molecular formula is C12H14BrNO. The van der Waals surface area contributed by atoms with Crippen LogP contribution in [0.1, 0.15) is 24.8 Å². The zero-order valence-electron chi connectivity index (χ0n) is 8.72. The van der Waals surface area contributed by atoms with Crippen molar-refractivity contribution in [2.24, 2.45) is 5.92 Å². The summed E-state index contributed by atoms with van der Waals surface area (Å²) in [5, 5.41) is 2.94. The Bertz CT molecular complexity index is 385. The molecule has 1 aliphatic carbocycles. The minimum Gasteiger partial charge on any atom is -0.326 e. The fraction of sp³-hybridized carbons (Fsp3) is 0.417. The average Bonchev–Trinajstić information content (AvgIpc) is 2.08. The largest absolute Gasteiger partial charge is 0.326 e. The number of nitrogens with one attached hydrogen (secondary N) is 1. The summed E-state index contributed by atoms with van der Waals surface area (Å²) in [4.78, 5) is 11.7. The van der Waals surface area contributed by atoms with Gasteiger partial charge in [-0.3, -0.25) is 4.79 Å². The van der Waals surface area contributed by atoms with E-state index in [0.717, 1.165) is 23.0 Å². The van der Waals surface area contributed by atoms with Crippen LogP contribution in [-0.4, -0.2) is 5.91 Å². The molecule has 1 aliphatic rings. The van der Waals surface area contributed by atoms with E-state index in [-0.39, 0.29) is 11.8 Å². The first kappa shape index (κ1) is 10.7. The predicted octanol–water partition coefficient (Wildman–Crippen LogP) is 3.50. The molecule has 1 fully saturated rings. The summed E-state index contributed by atoms with van der Waals surface area (Å²) in [6.07, 6.45) is 3.27. The number of hydrogen-bond acceptors (Lipinski definition) is 1. The van der Waals surface area contributed by atoms with Crippen molar-refractivity contribution in [2.75, 3.05) is 5.32 Å². The van der Waals surface area contributed by atoms with Crippen LogP contribution in [0.2, 0.25) is 0 Å². The van der Waals surface area contributed by atoms with E-state index in [1.807, 2.05) is 25.1 Å². The maximum atomic E-state index is 11.7. The van der Waals surface area contributed by atoms with Gasteiger partial charge in [-0.15, -0.1) is 0 Å². The Morgan fingerprint density at radius 3 is 2.73 bits per heavy atom. The van der Waals surface area contributed by atoms with Crippen molar-refractivity contribution in [1.82, 2.24) is 0 Å². The molecule has 1 N–H and O–H groups in total. The topological polar surface area (TPSA) is 29.1 Å². The highest BCUT2D eigenvalue weighted by atomic mass is 79.9. The third kappa shape index (κ3) is 2.40. The van der Waals surface area contributed by atoms with Crippen molar-refractivity contribution in [3.63, 3.8) is 0 Å². The molecule has 0 unspecified atom stereocenters. The summed E-state index contributed by atoms with van der Waals surface area (Å²) in [5.74, 6) is 0.405. The third-order valence-electron chi connectivity index (χ3n) is 2.92. The second-order valence-electron chi connectivity index (χ2n) is 4.08. The molecule has 0 atom stereocenters. The van der Waals surface area contributed by atoms with Crippen LogP contribution in [0.5, 0.6) is 0 Å². The zero-order chi connectivity index (χ0) is 10.8. The normalized spacial score (nSPS) is 15.9. The molecule has 1 aromatic carbocycles. The smallest absolute Gasteiger partial charge is 0.227 e. The molecule has 0 saturated heterocycles. The standard InChI is InChI=1S/C12H14BrNO/c1-8-5-6-10(7-11(8)13)14-12(15)9-3-2-4-9/h5-7,9H,2-4H2,1H3,(H,14,15). The van der Waals surface area contributed by atoms with Crippen molar-refractivity contribution in [1.29, 1.82) is 0 Å². The molecule has 0 heterocycles. The number of hydrogen-bond donors (Lipinski definition) is 1. The SMILES string of the molecule is Cc1ccc(NC(=O)C2CCC2)cc1Br. The van der Waals surface area contributed by atoms with E-state index in [0.29, 0.717) is 0 Å². The zero-order valence-corrected chi connectivity index (χ0v) is 10.3. The molecule has 0 radical (unpaired) electrons. The third-order valence-corrected chi connectivity index (χ3v) is 3.77. The van der Waals surface area contributed by atoms with Crippen LogP contribution in [0, 0.1) is 12.8 Å². The number of anilines is 1. The number of aryl methyl sites for hydroxylation is 1. The Balaban J connectivity index is 2.03. The van der Waals surface area contributed by atoms with Crippen LogP contribution in [0.4, 0.5) is 5.69 Å². The molecular weight excluding hydrogens is 254 g/mol. The van der Waals surface area contributed by atoms with Crippen LogP contribution in [-0.2, 0) is 4.79 Å². The lowest BCUT2D eigenvalue weighted by molar-refractivity contribution is -0.122. The highest BCUT2D eigenvalue weighted by Gasteiger charge is 2.25. The molecule has 0 aromatic heterocycles. The Morgan fingerprint density at radius 1 is 1.47 bits per heavy atom. The molecule has 0 spiro atoms. The molecule has 2 rings (SSSR count). The number of halogens is 1. The van der Waals surface area contributed by atoms with Crippen molar-refractivity contribution in [3.05, 3.63) is 28.2 Å². The summed E-state index contributed by atoms with van der Waals surface area (Å²) >= 11 is 3.45. The molecule has 1 saturated carbocycles. The first-order valence-electron chi connectivity index (χ1n) is 5.24. The number of carbonyl (C=O) groups excluding carboxylic acids is 1. The van der Waals surface area contributed by atoms with E-state index in [9.17, 15) is 4.79 Å². The molecule has 0 aliphatic heterocycles. The highest BCUT2D eigenvalue weighted by Crippen LogP contribution is 2.28. The number of carbonyl (C=O) groups is 1. The van der Waals surface area contributed by atoms with E-state index in [1.165, 1.54) is 12.0 Å². The Labute approximate surface area is 98.2 Å². The molecule has 1 amide bonds. The van der Waals surface area contributed by atoms with Gasteiger partial charge in [-0.2, -0.15) is 0 Å². The number of benzene rings is 1. The van der Waals surface area contributed by atoms with Crippen LogP contribution < -0.4 is 5.32 Å². The lowest BCUT2D eigenvalue weighted by Crippen LogP contribution is -2.27. The van der Waals surface area contributed by atoms with Crippen molar-refractivity contribution < 1.29 is 4.79 Å². The fourth-order valence-electron chi connectivity index (χ4n) is 1.59. The van der Waals surface area contributed by atoms with E-state index < -0.39 is 0 Å². The molecule has 80 valence electrons. The second-order valence-corrected chi connectivity index (χ2v) is 4.94.